The van der Waals surface area contributed by atoms with E-state index in [4.69, 9.17) is 4.74 Å². The van der Waals surface area contributed by atoms with Gasteiger partial charge >= 0.3 is 6.18 Å². The molecular formula is C17H19F3N4O2. The lowest BCUT2D eigenvalue weighted by molar-refractivity contribution is -0.137. The molecule has 6 nitrogen and oxygen atoms in total. The number of carbonyl (C=O) groups excluding carboxylic acids is 1. The smallest absolute Gasteiger partial charge is 0.370 e. The zero-order valence-corrected chi connectivity index (χ0v) is 14.1. The first-order valence-corrected chi connectivity index (χ1v) is 8.14. The van der Waals surface area contributed by atoms with Crippen LogP contribution in [0, 0.1) is 0 Å². The minimum absolute atomic E-state index is 0.0946. The van der Waals surface area contributed by atoms with Crippen molar-refractivity contribution in [1.29, 1.82) is 0 Å². The molecule has 0 bridgehead atoms. The van der Waals surface area contributed by atoms with Crippen molar-refractivity contribution in [2.24, 2.45) is 0 Å². The second kappa shape index (κ2) is 7.46. The van der Waals surface area contributed by atoms with E-state index in [0.717, 1.165) is 12.1 Å². The van der Waals surface area contributed by atoms with E-state index in [0.29, 0.717) is 24.3 Å². The number of carbonyl (C=O) groups is 1. The van der Waals surface area contributed by atoms with Crippen LogP contribution in [0.5, 0.6) is 0 Å². The Kier molecular flexibility index (Phi) is 5.28. The van der Waals surface area contributed by atoms with Crippen LogP contribution in [0.4, 0.5) is 13.2 Å². The maximum absolute atomic E-state index is 12.6. The second-order valence-corrected chi connectivity index (χ2v) is 6.03. The van der Waals surface area contributed by atoms with Gasteiger partial charge in [0.25, 0.3) is 5.91 Å². The van der Waals surface area contributed by atoms with Gasteiger partial charge in [-0.3, -0.25) is 9.48 Å². The average molecular weight is 368 g/mol. The Morgan fingerprint density at radius 3 is 2.69 bits per heavy atom. The van der Waals surface area contributed by atoms with Crippen LogP contribution in [0.3, 0.4) is 0 Å². The third-order valence-electron chi connectivity index (χ3n) is 4.28. The van der Waals surface area contributed by atoms with Crippen molar-refractivity contribution in [2.45, 2.75) is 24.9 Å². The number of hydrogen-bond donors (Lipinski definition) is 2. The summed E-state index contributed by atoms with van der Waals surface area (Å²) in [5.74, 6) is -0.267. The Morgan fingerprint density at radius 2 is 2.04 bits per heavy atom. The van der Waals surface area contributed by atoms with Crippen LogP contribution in [0.1, 0.15) is 27.7 Å². The predicted molar refractivity (Wildman–Crippen MR) is 87.5 cm³/mol. The first kappa shape index (κ1) is 18.4. The molecule has 9 heteroatoms. The van der Waals surface area contributed by atoms with E-state index >= 15 is 0 Å². The lowest BCUT2D eigenvalue weighted by Crippen LogP contribution is -2.27. The molecule has 1 aromatic carbocycles. The van der Waals surface area contributed by atoms with Crippen molar-refractivity contribution in [2.75, 3.05) is 20.1 Å². The largest absolute Gasteiger partial charge is 0.416 e. The molecule has 0 aliphatic carbocycles. The van der Waals surface area contributed by atoms with Gasteiger partial charge in [0.2, 0.25) is 0 Å². The number of aromatic nitrogens is 2. The summed E-state index contributed by atoms with van der Waals surface area (Å²) < 4.78 is 45.3. The normalized spacial score (nSPS) is 20.3. The molecule has 3 rings (SSSR count). The lowest BCUT2D eigenvalue weighted by atomic mass is 10.1. The van der Waals surface area contributed by atoms with Crippen LogP contribution < -0.4 is 10.6 Å². The van der Waals surface area contributed by atoms with Gasteiger partial charge in [-0.1, -0.05) is 12.1 Å². The van der Waals surface area contributed by atoms with Crippen molar-refractivity contribution >= 4 is 5.91 Å². The van der Waals surface area contributed by atoms with Crippen LogP contribution in [0.15, 0.2) is 36.5 Å². The van der Waals surface area contributed by atoms with Crippen molar-refractivity contribution in [3.05, 3.63) is 53.3 Å². The van der Waals surface area contributed by atoms with Gasteiger partial charge in [0, 0.05) is 26.3 Å². The van der Waals surface area contributed by atoms with E-state index in [1.54, 1.807) is 16.9 Å². The van der Waals surface area contributed by atoms with E-state index in [1.165, 1.54) is 19.2 Å². The highest BCUT2D eigenvalue weighted by Gasteiger charge is 2.31. The molecule has 0 radical (unpaired) electrons. The van der Waals surface area contributed by atoms with Gasteiger partial charge < -0.3 is 15.4 Å². The van der Waals surface area contributed by atoms with E-state index in [9.17, 15) is 18.0 Å². The molecule has 26 heavy (non-hydrogen) atoms. The summed E-state index contributed by atoms with van der Waals surface area (Å²) in [5, 5.41) is 9.99. The molecule has 1 fully saturated rings. The van der Waals surface area contributed by atoms with E-state index in [1.807, 2.05) is 0 Å². The van der Waals surface area contributed by atoms with Crippen LogP contribution in [-0.2, 0) is 17.5 Å². The molecule has 2 atom stereocenters. The quantitative estimate of drug-likeness (QED) is 0.847. The summed E-state index contributed by atoms with van der Waals surface area (Å²) in [6.07, 6.45) is -2.83. The zero-order chi connectivity index (χ0) is 18.7. The highest BCUT2D eigenvalue weighted by Crippen LogP contribution is 2.29. The van der Waals surface area contributed by atoms with Crippen LogP contribution in [0.2, 0.25) is 0 Å². The highest BCUT2D eigenvalue weighted by molar-refractivity contribution is 5.91. The summed E-state index contributed by atoms with van der Waals surface area (Å²) in [4.78, 5) is 11.6. The van der Waals surface area contributed by atoms with Crippen LogP contribution in [-0.4, -0.2) is 41.9 Å². The van der Waals surface area contributed by atoms with Crippen molar-refractivity contribution in [3.63, 3.8) is 0 Å². The summed E-state index contributed by atoms with van der Waals surface area (Å²) in [6, 6.07) is 6.46. The number of nitrogens with zero attached hydrogens (tertiary/aromatic N) is 2. The molecule has 2 heterocycles. The molecule has 2 N–H and O–H groups in total. The topological polar surface area (TPSA) is 68.2 Å². The minimum Gasteiger partial charge on any atom is -0.370 e. The van der Waals surface area contributed by atoms with Gasteiger partial charge in [-0.25, -0.2) is 0 Å². The Morgan fingerprint density at radius 1 is 1.31 bits per heavy atom. The van der Waals surface area contributed by atoms with Gasteiger partial charge in [0.05, 0.1) is 24.3 Å². The molecule has 2 aromatic rings. The second-order valence-electron chi connectivity index (χ2n) is 6.03. The van der Waals surface area contributed by atoms with Crippen molar-refractivity contribution in [1.82, 2.24) is 20.4 Å². The zero-order valence-electron chi connectivity index (χ0n) is 14.1. The van der Waals surface area contributed by atoms with Gasteiger partial charge in [-0.05, 0) is 23.8 Å². The third-order valence-corrected chi connectivity index (χ3v) is 4.28. The fourth-order valence-corrected chi connectivity index (χ4v) is 2.84. The summed E-state index contributed by atoms with van der Waals surface area (Å²) in [5.41, 5.74) is 0.302. The van der Waals surface area contributed by atoms with Crippen molar-refractivity contribution in [3.8, 4) is 0 Å². The molecule has 1 aliphatic rings. The summed E-state index contributed by atoms with van der Waals surface area (Å²) >= 11 is 0. The molecule has 1 aliphatic heterocycles. The Labute approximate surface area is 148 Å². The van der Waals surface area contributed by atoms with Gasteiger partial charge in [0.1, 0.15) is 5.69 Å². The molecule has 0 spiro atoms. The predicted octanol–water partition coefficient (Wildman–Crippen LogP) is 1.99. The third kappa shape index (κ3) is 4.05. The number of hydrogen-bond acceptors (Lipinski definition) is 4. The highest BCUT2D eigenvalue weighted by atomic mass is 19.4. The number of rotatable bonds is 5. The molecule has 1 aromatic heterocycles. The number of ether oxygens (including phenoxy) is 1. The Bertz CT molecular complexity index is 758. The van der Waals surface area contributed by atoms with Gasteiger partial charge in [-0.2, -0.15) is 18.3 Å². The Balaban J connectivity index is 1.62. The van der Waals surface area contributed by atoms with Crippen LogP contribution >= 0.6 is 0 Å². The maximum Gasteiger partial charge on any atom is 0.416 e. The fourth-order valence-electron chi connectivity index (χ4n) is 2.84. The SMILES string of the molecule is CNC(=O)c1ccn([C@@H]2CNC[C@H]2OCc2ccc(C(F)(F)F)cc2)n1. The Hall–Kier alpha value is -2.39. The number of amides is 1. The molecular weight excluding hydrogens is 349 g/mol. The number of alkyl halides is 3. The lowest BCUT2D eigenvalue weighted by Gasteiger charge is -2.20. The molecule has 0 saturated carbocycles. The van der Waals surface area contributed by atoms with Gasteiger partial charge in [-0.15, -0.1) is 0 Å². The molecule has 140 valence electrons. The van der Waals surface area contributed by atoms with E-state index < -0.39 is 11.7 Å². The number of nitrogens with one attached hydrogen (secondary N) is 2. The number of benzene rings is 1. The molecule has 0 unspecified atom stereocenters. The van der Waals surface area contributed by atoms with E-state index in [-0.39, 0.29) is 24.7 Å². The molecule has 1 saturated heterocycles. The van der Waals surface area contributed by atoms with Crippen LogP contribution in [0.25, 0.3) is 0 Å². The first-order chi connectivity index (χ1) is 12.4. The average Bonchev–Trinajstić information content (AvgIpc) is 3.27. The van der Waals surface area contributed by atoms with Gasteiger partial charge in [0.15, 0.2) is 0 Å². The summed E-state index contributed by atoms with van der Waals surface area (Å²) in [6.45, 7) is 1.43. The first-order valence-electron chi connectivity index (χ1n) is 8.14. The number of halogens is 3. The minimum atomic E-state index is -4.34. The standard InChI is InChI=1S/C17H19F3N4O2/c1-21-16(25)13-6-7-24(23-13)14-8-22-9-15(14)26-10-11-2-4-12(5-3-11)17(18,19)20/h2-7,14-15,22H,8-10H2,1H3,(H,21,25)/t14-,15-/m1/s1. The summed E-state index contributed by atoms with van der Waals surface area (Å²) in [7, 11) is 1.54. The maximum atomic E-state index is 12.6. The van der Waals surface area contributed by atoms with E-state index in [2.05, 4.69) is 15.7 Å². The fraction of sp³-hybridized carbons (Fsp3) is 0.412. The molecule has 1 amide bonds. The van der Waals surface area contributed by atoms with Crippen molar-refractivity contribution < 1.29 is 22.7 Å². The monoisotopic (exact) mass is 368 g/mol.